The molecule has 30 heavy (non-hydrogen) atoms. The Balaban J connectivity index is 1.52. The molecule has 0 bridgehead atoms. The van der Waals surface area contributed by atoms with Crippen molar-refractivity contribution in [2.75, 3.05) is 6.61 Å². The maximum atomic E-state index is 12.8. The summed E-state index contributed by atoms with van der Waals surface area (Å²) in [6.45, 7) is -0.712. The number of urea groups is 1. The summed E-state index contributed by atoms with van der Waals surface area (Å²) in [7, 11) is 0. The summed E-state index contributed by atoms with van der Waals surface area (Å²) in [5.74, 6) is -2.05. The van der Waals surface area contributed by atoms with Crippen molar-refractivity contribution in [1.82, 2.24) is 10.6 Å². The van der Waals surface area contributed by atoms with Gasteiger partial charge in [0.05, 0.1) is 5.56 Å². The quantitative estimate of drug-likeness (QED) is 0.710. The molecule has 7 nitrogen and oxygen atoms in total. The zero-order valence-corrected chi connectivity index (χ0v) is 15.8. The molecule has 3 rings (SSSR count). The number of alkyl halides is 3. The normalized spacial score (nSPS) is 14.4. The number of benzene rings is 1. The minimum atomic E-state index is -4.51. The molecule has 2 aromatic rings. The van der Waals surface area contributed by atoms with Crippen LogP contribution in [0.2, 0.25) is 0 Å². The second kappa shape index (κ2) is 9.02. The number of furan rings is 1. The highest BCUT2D eigenvalue weighted by Crippen LogP contribution is 2.32. The second-order valence-corrected chi connectivity index (χ2v) is 6.82. The number of esters is 1. The zero-order chi connectivity index (χ0) is 21.7. The van der Waals surface area contributed by atoms with E-state index in [4.69, 9.17) is 9.15 Å². The number of carbonyl (C=O) groups is 3. The minimum absolute atomic E-state index is 0.0257. The molecule has 0 unspecified atom stereocenters. The number of amides is 3. The molecular formula is C20H19F3N2O5. The summed E-state index contributed by atoms with van der Waals surface area (Å²) in [6, 6.07) is 6.35. The number of ether oxygens (including phenoxy) is 1. The average molecular weight is 424 g/mol. The fraction of sp³-hybridized carbons (Fsp3) is 0.350. The van der Waals surface area contributed by atoms with Gasteiger partial charge in [0.25, 0.3) is 5.91 Å². The first-order valence-electron chi connectivity index (χ1n) is 9.27. The SMILES string of the molecule is O=C(COC(=O)c1ccc(-c2cccc(C(F)(F)F)c2)o1)NC(=O)NC1CCCC1. The molecule has 0 radical (unpaired) electrons. The number of carbonyl (C=O) groups excluding carboxylic acids is 3. The molecule has 1 heterocycles. The summed E-state index contributed by atoms with van der Waals surface area (Å²) in [5, 5.41) is 4.72. The van der Waals surface area contributed by atoms with Crippen molar-refractivity contribution in [2.24, 2.45) is 0 Å². The number of hydrogen-bond donors (Lipinski definition) is 2. The van der Waals surface area contributed by atoms with Gasteiger partial charge in [-0.15, -0.1) is 0 Å². The average Bonchev–Trinajstić information content (AvgIpc) is 3.37. The molecular weight excluding hydrogens is 405 g/mol. The Hall–Kier alpha value is -3.30. The van der Waals surface area contributed by atoms with Gasteiger partial charge in [0, 0.05) is 11.6 Å². The summed E-state index contributed by atoms with van der Waals surface area (Å²) in [5.41, 5.74) is -0.724. The number of hydrogen-bond acceptors (Lipinski definition) is 5. The standard InChI is InChI=1S/C20H19F3N2O5/c21-20(22,23)13-5-3-4-12(10-13)15-8-9-16(30-15)18(27)29-11-17(26)25-19(28)24-14-6-1-2-7-14/h3-5,8-10,14H,1-2,6-7,11H2,(H2,24,25,26,28). The van der Waals surface area contributed by atoms with Gasteiger partial charge in [0.1, 0.15) is 5.76 Å². The van der Waals surface area contributed by atoms with E-state index in [2.05, 4.69) is 10.6 Å². The third-order valence-electron chi connectivity index (χ3n) is 4.56. The highest BCUT2D eigenvalue weighted by atomic mass is 19.4. The van der Waals surface area contributed by atoms with Crippen LogP contribution in [0.5, 0.6) is 0 Å². The van der Waals surface area contributed by atoms with Crippen LogP contribution >= 0.6 is 0 Å². The first-order valence-corrected chi connectivity index (χ1v) is 9.27. The molecule has 0 atom stereocenters. The van der Waals surface area contributed by atoms with Gasteiger partial charge in [-0.05, 0) is 37.1 Å². The Morgan fingerprint density at radius 1 is 1.10 bits per heavy atom. The van der Waals surface area contributed by atoms with Gasteiger partial charge < -0.3 is 14.5 Å². The van der Waals surface area contributed by atoms with Crippen molar-refractivity contribution in [3.63, 3.8) is 0 Å². The van der Waals surface area contributed by atoms with Gasteiger partial charge in [0.15, 0.2) is 6.61 Å². The van der Waals surface area contributed by atoms with Crippen LogP contribution in [0.1, 0.15) is 41.8 Å². The third kappa shape index (κ3) is 5.62. The third-order valence-corrected chi connectivity index (χ3v) is 4.56. The Bertz CT molecular complexity index is 933. The summed E-state index contributed by atoms with van der Waals surface area (Å²) in [6.07, 6.45) is -0.779. The highest BCUT2D eigenvalue weighted by molar-refractivity contribution is 5.96. The van der Waals surface area contributed by atoms with Crippen molar-refractivity contribution in [2.45, 2.75) is 37.9 Å². The van der Waals surface area contributed by atoms with Gasteiger partial charge in [-0.3, -0.25) is 10.1 Å². The molecule has 0 saturated heterocycles. The number of imide groups is 1. The first kappa shape index (κ1) is 21.4. The van der Waals surface area contributed by atoms with Gasteiger partial charge in [-0.25, -0.2) is 9.59 Å². The van der Waals surface area contributed by atoms with E-state index in [9.17, 15) is 27.6 Å². The molecule has 0 spiro atoms. The summed E-state index contributed by atoms with van der Waals surface area (Å²) in [4.78, 5) is 35.4. The maximum Gasteiger partial charge on any atom is 0.416 e. The molecule has 1 aromatic heterocycles. The van der Waals surface area contributed by atoms with E-state index in [0.717, 1.165) is 37.8 Å². The van der Waals surface area contributed by atoms with Crippen LogP contribution in [0, 0.1) is 0 Å². The van der Waals surface area contributed by atoms with E-state index in [1.54, 1.807) is 0 Å². The predicted octanol–water partition coefficient (Wildman–Crippen LogP) is 3.89. The van der Waals surface area contributed by atoms with Crippen molar-refractivity contribution in [3.8, 4) is 11.3 Å². The number of nitrogens with one attached hydrogen (secondary N) is 2. The molecule has 2 N–H and O–H groups in total. The van der Waals surface area contributed by atoms with Crippen LogP contribution in [-0.2, 0) is 15.7 Å². The lowest BCUT2D eigenvalue weighted by Gasteiger charge is -2.12. The van der Waals surface area contributed by atoms with Gasteiger partial charge in [-0.2, -0.15) is 13.2 Å². The molecule has 160 valence electrons. The molecule has 1 aromatic carbocycles. The summed E-state index contributed by atoms with van der Waals surface area (Å²) < 4.78 is 48.5. The van der Waals surface area contributed by atoms with Crippen molar-refractivity contribution in [3.05, 3.63) is 47.7 Å². The molecule has 1 aliphatic carbocycles. The van der Waals surface area contributed by atoms with Gasteiger partial charge >= 0.3 is 18.2 Å². The minimum Gasteiger partial charge on any atom is -0.450 e. The Labute approximate surface area is 169 Å². The fourth-order valence-electron chi connectivity index (χ4n) is 3.11. The summed E-state index contributed by atoms with van der Waals surface area (Å²) >= 11 is 0. The molecule has 3 amide bonds. The lowest BCUT2D eigenvalue weighted by Crippen LogP contribution is -2.44. The molecule has 1 saturated carbocycles. The zero-order valence-electron chi connectivity index (χ0n) is 15.8. The van der Waals surface area contributed by atoms with E-state index in [-0.39, 0.29) is 23.1 Å². The monoisotopic (exact) mass is 424 g/mol. The highest BCUT2D eigenvalue weighted by Gasteiger charge is 2.30. The Morgan fingerprint density at radius 3 is 2.53 bits per heavy atom. The Kier molecular flexibility index (Phi) is 6.43. The van der Waals surface area contributed by atoms with E-state index < -0.39 is 36.3 Å². The maximum absolute atomic E-state index is 12.8. The Morgan fingerprint density at radius 2 is 1.83 bits per heavy atom. The topological polar surface area (TPSA) is 97.6 Å². The van der Waals surface area contributed by atoms with Gasteiger partial charge in [-0.1, -0.05) is 25.0 Å². The number of rotatable bonds is 5. The predicted molar refractivity (Wildman–Crippen MR) is 98.4 cm³/mol. The largest absolute Gasteiger partial charge is 0.450 e. The van der Waals surface area contributed by atoms with Crippen LogP contribution in [0.25, 0.3) is 11.3 Å². The van der Waals surface area contributed by atoms with Crippen LogP contribution in [-0.4, -0.2) is 30.6 Å². The molecule has 10 heteroatoms. The molecule has 0 aliphatic heterocycles. The molecule has 1 aliphatic rings. The lowest BCUT2D eigenvalue weighted by molar-refractivity contribution is -0.137. The first-order chi connectivity index (χ1) is 14.2. The fourth-order valence-corrected chi connectivity index (χ4v) is 3.11. The van der Waals surface area contributed by atoms with E-state index >= 15 is 0 Å². The number of halogens is 3. The van der Waals surface area contributed by atoms with Crippen molar-refractivity contribution >= 4 is 17.9 Å². The van der Waals surface area contributed by atoms with E-state index in [1.165, 1.54) is 24.3 Å². The smallest absolute Gasteiger partial charge is 0.416 e. The van der Waals surface area contributed by atoms with E-state index in [0.29, 0.717) is 0 Å². The second-order valence-electron chi connectivity index (χ2n) is 6.82. The van der Waals surface area contributed by atoms with Crippen LogP contribution in [0.15, 0.2) is 40.8 Å². The van der Waals surface area contributed by atoms with Crippen molar-refractivity contribution in [1.29, 1.82) is 0 Å². The van der Waals surface area contributed by atoms with Crippen LogP contribution < -0.4 is 10.6 Å². The molecule has 1 fully saturated rings. The van der Waals surface area contributed by atoms with E-state index in [1.807, 2.05) is 0 Å². The lowest BCUT2D eigenvalue weighted by atomic mass is 10.1. The van der Waals surface area contributed by atoms with Crippen molar-refractivity contribution < 1.29 is 36.7 Å². The van der Waals surface area contributed by atoms with Crippen LogP contribution in [0.4, 0.5) is 18.0 Å². The van der Waals surface area contributed by atoms with Crippen LogP contribution in [0.3, 0.4) is 0 Å². The van der Waals surface area contributed by atoms with Gasteiger partial charge in [0.2, 0.25) is 5.76 Å².